The number of nitrogens with two attached hydrogens (primary N) is 1. The maximum absolute atomic E-state index is 12.9. The normalized spacial score (nSPS) is 19.7. The van der Waals surface area contributed by atoms with Gasteiger partial charge in [0.2, 0.25) is 5.91 Å². The molecule has 122 valence electrons. The van der Waals surface area contributed by atoms with Gasteiger partial charge in [-0.1, -0.05) is 18.2 Å². The van der Waals surface area contributed by atoms with Crippen LogP contribution in [-0.2, 0) is 27.7 Å². The molecule has 0 spiro atoms. The van der Waals surface area contributed by atoms with Crippen LogP contribution in [0.2, 0.25) is 0 Å². The molecule has 0 unspecified atom stereocenters. The number of alkyl halides is 3. The third-order valence-electron chi connectivity index (χ3n) is 3.23. The van der Waals surface area contributed by atoms with E-state index in [0.717, 1.165) is 6.07 Å². The van der Waals surface area contributed by atoms with Crippen LogP contribution in [0.4, 0.5) is 13.2 Å². The third kappa shape index (κ3) is 4.18. The van der Waals surface area contributed by atoms with Crippen LogP contribution < -0.4 is 9.86 Å². The molecule has 1 amide bonds. The monoisotopic (exact) mass is 337 g/mol. The standard InChI is InChI=1S/C12H14F3N3O3S/c13-12(14,15)10-4-2-1-3-8(10)6-18-7-9(5-11(18)19)17-22(16,20)21/h1-4,9,17H,5-7H2,(H2,16,20,21)/t9-/m0/s1. The second-order valence-corrected chi connectivity index (χ2v) is 6.32. The van der Waals surface area contributed by atoms with Gasteiger partial charge in [-0.2, -0.15) is 26.3 Å². The molecule has 0 saturated carbocycles. The predicted octanol–water partition coefficient (Wildman–Crippen LogP) is 0.599. The Hall–Kier alpha value is -1.65. The zero-order chi connectivity index (χ0) is 16.5. The Morgan fingerprint density at radius 3 is 2.55 bits per heavy atom. The van der Waals surface area contributed by atoms with Crippen molar-refractivity contribution in [2.45, 2.75) is 25.2 Å². The number of carbonyl (C=O) groups is 1. The fraction of sp³-hybridized carbons (Fsp3) is 0.417. The van der Waals surface area contributed by atoms with Crippen LogP contribution in [0.5, 0.6) is 0 Å². The highest BCUT2D eigenvalue weighted by atomic mass is 32.2. The molecule has 1 aliphatic rings. The molecule has 0 aromatic heterocycles. The Morgan fingerprint density at radius 2 is 1.95 bits per heavy atom. The SMILES string of the molecule is NS(=O)(=O)N[C@H]1CC(=O)N(Cc2ccccc2C(F)(F)F)C1. The molecule has 1 heterocycles. The van der Waals surface area contributed by atoms with Gasteiger partial charge in [-0.15, -0.1) is 0 Å². The van der Waals surface area contributed by atoms with E-state index >= 15 is 0 Å². The molecule has 3 N–H and O–H groups in total. The highest BCUT2D eigenvalue weighted by molar-refractivity contribution is 7.87. The summed E-state index contributed by atoms with van der Waals surface area (Å²) < 4.78 is 62.7. The van der Waals surface area contributed by atoms with Gasteiger partial charge < -0.3 is 4.90 Å². The van der Waals surface area contributed by atoms with Gasteiger partial charge in [-0.05, 0) is 11.6 Å². The second kappa shape index (κ2) is 5.86. The number of nitrogens with one attached hydrogen (secondary N) is 1. The number of benzene rings is 1. The van der Waals surface area contributed by atoms with E-state index < -0.39 is 33.9 Å². The smallest absolute Gasteiger partial charge is 0.337 e. The molecule has 22 heavy (non-hydrogen) atoms. The molecule has 1 aromatic carbocycles. The topological polar surface area (TPSA) is 92.5 Å². The van der Waals surface area contributed by atoms with E-state index in [4.69, 9.17) is 5.14 Å². The minimum atomic E-state index is -4.52. The van der Waals surface area contributed by atoms with Gasteiger partial charge in [0, 0.05) is 25.6 Å². The number of halogens is 3. The summed E-state index contributed by atoms with van der Waals surface area (Å²) in [5.74, 6) is -0.432. The summed E-state index contributed by atoms with van der Waals surface area (Å²) in [5, 5.41) is 4.82. The van der Waals surface area contributed by atoms with E-state index in [1.807, 2.05) is 0 Å². The zero-order valence-corrected chi connectivity index (χ0v) is 12.1. The molecule has 1 aliphatic heterocycles. The highest BCUT2D eigenvalue weighted by Gasteiger charge is 2.36. The maximum Gasteiger partial charge on any atom is 0.416 e. The van der Waals surface area contributed by atoms with Gasteiger partial charge in [0.1, 0.15) is 0 Å². The van der Waals surface area contributed by atoms with E-state index in [1.165, 1.54) is 23.1 Å². The van der Waals surface area contributed by atoms with Crippen molar-refractivity contribution < 1.29 is 26.4 Å². The van der Waals surface area contributed by atoms with Gasteiger partial charge in [-0.3, -0.25) is 4.79 Å². The number of hydrogen-bond acceptors (Lipinski definition) is 3. The van der Waals surface area contributed by atoms with Gasteiger partial charge in [-0.25, -0.2) is 5.14 Å². The lowest BCUT2D eigenvalue weighted by Crippen LogP contribution is -2.40. The summed E-state index contributed by atoms with van der Waals surface area (Å²) in [6.07, 6.45) is -4.65. The first-order chi connectivity index (χ1) is 10.1. The summed E-state index contributed by atoms with van der Waals surface area (Å²) in [6.45, 7) is -0.265. The molecular weight excluding hydrogens is 323 g/mol. The molecule has 0 aliphatic carbocycles. The summed E-state index contributed by atoms with van der Waals surface area (Å²) in [5.41, 5.74) is -0.856. The molecule has 1 saturated heterocycles. The zero-order valence-electron chi connectivity index (χ0n) is 11.3. The molecule has 0 bridgehead atoms. The summed E-state index contributed by atoms with van der Waals surface area (Å²) in [6, 6.07) is 4.21. The molecule has 1 atom stereocenters. The van der Waals surface area contributed by atoms with Crippen molar-refractivity contribution in [1.82, 2.24) is 9.62 Å². The lowest BCUT2D eigenvalue weighted by molar-refractivity contribution is -0.139. The Labute approximate surface area is 125 Å². The van der Waals surface area contributed by atoms with Gasteiger partial charge in [0.15, 0.2) is 0 Å². The average Bonchev–Trinajstić information content (AvgIpc) is 2.66. The number of likely N-dealkylation sites (tertiary alicyclic amines) is 1. The van der Waals surface area contributed by atoms with E-state index in [1.54, 1.807) is 0 Å². The Balaban J connectivity index is 2.14. The van der Waals surface area contributed by atoms with Crippen LogP contribution in [0.1, 0.15) is 17.5 Å². The van der Waals surface area contributed by atoms with Gasteiger partial charge in [0.25, 0.3) is 10.2 Å². The summed E-state index contributed by atoms with van der Waals surface area (Å²) in [7, 11) is -3.97. The van der Waals surface area contributed by atoms with Crippen LogP contribution in [0, 0.1) is 0 Å². The van der Waals surface area contributed by atoms with Crippen LogP contribution in [0.25, 0.3) is 0 Å². The quantitative estimate of drug-likeness (QED) is 0.843. The van der Waals surface area contributed by atoms with Crippen LogP contribution in [-0.4, -0.2) is 31.8 Å². The van der Waals surface area contributed by atoms with Crippen molar-refractivity contribution in [3.63, 3.8) is 0 Å². The maximum atomic E-state index is 12.9. The molecule has 1 aromatic rings. The number of nitrogens with zero attached hydrogens (tertiary/aromatic N) is 1. The number of hydrogen-bond donors (Lipinski definition) is 2. The summed E-state index contributed by atoms with van der Waals surface area (Å²) in [4.78, 5) is 13.0. The molecule has 10 heteroatoms. The largest absolute Gasteiger partial charge is 0.416 e. The van der Waals surface area contributed by atoms with Crippen molar-refractivity contribution in [3.8, 4) is 0 Å². The van der Waals surface area contributed by atoms with Gasteiger partial charge in [0.05, 0.1) is 5.56 Å². The predicted molar refractivity (Wildman–Crippen MR) is 71.5 cm³/mol. The molecule has 0 radical (unpaired) electrons. The average molecular weight is 337 g/mol. The lowest BCUT2D eigenvalue weighted by atomic mass is 10.1. The van der Waals surface area contributed by atoms with Gasteiger partial charge >= 0.3 is 6.18 Å². The summed E-state index contributed by atoms with van der Waals surface area (Å²) >= 11 is 0. The molecule has 6 nitrogen and oxygen atoms in total. The fourth-order valence-electron chi connectivity index (χ4n) is 2.38. The van der Waals surface area contributed by atoms with Crippen molar-refractivity contribution in [1.29, 1.82) is 0 Å². The van der Waals surface area contributed by atoms with E-state index in [-0.39, 0.29) is 25.1 Å². The highest BCUT2D eigenvalue weighted by Crippen LogP contribution is 2.32. The van der Waals surface area contributed by atoms with Crippen molar-refractivity contribution in [3.05, 3.63) is 35.4 Å². The minimum absolute atomic E-state index is 0.0263. The van der Waals surface area contributed by atoms with Crippen molar-refractivity contribution in [2.75, 3.05) is 6.54 Å². The number of rotatable bonds is 4. The minimum Gasteiger partial charge on any atom is -0.337 e. The van der Waals surface area contributed by atoms with E-state index in [0.29, 0.717) is 0 Å². The van der Waals surface area contributed by atoms with Crippen molar-refractivity contribution in [2.24, 2.45) is 5.14 Å². The second-order valence-electron chi connectivity index (χ2n) is 4.99. The van der Waals surface area contributed by atoms with Crippen LogP contribution in [0.15, 0.2) is 24.3 Å². The first kappa shape index (κ1) is 16.7. The molecule has 2 rings (SSSR count). The van der Waals surface area contributed by atoms with Crippen molar-refractivity contribution >= 4 is 16.1 Å². The first-order valence-electron chi connectivity index (χ1n) is 6.29. The Morgan fingerprint density at radius 1 is 1.32 bits per heavy atom. The lowest BCUT2D eigenvalue weighted by Gasteiger charge is -2.20. The number of carbonyl (C=O) groups excluding carboxylic acids is 1. The third-order valence-corrected chi connectivity index (χ3v) is 3.89. The van der Waals surface area contributed by atoms with Crippen LogP contribution >= 0.6 is 0 Å². The Kier molecular flexibility index (Phi) is 4.45. The fourth-order valence-corrected chi connectivity index (χ4v) is 3.00. The number of amides is 1. The van der Waals surface area contributed by atoms with E-state index in [9.17, 15) is 26.4 Å². The van der Waals surface area contributed by atoms with E-state index in [2.05, 4.69) is 4.72 Å². The molecule has 1 fully saturated rings. The Bertz CT molecular complexity index is 676. The van der Waals surface area contributed by atoms with Crippen LogP contribution in [0.3, 0.4) is 0 Å². The first-order valence-corrected chi connectivity index (χ1v) is 7.84. The molecular formula is C12H14F3N3O3S.